The van der Waals surface area contributed by atoms with Gasteiger partial charge in [0.25, 0.3) is 5.91 Å². The van der Waals surface area contributed by atoms with Crippen LogP contribution in [0.1, 0.15) is 22.3 Å². The number of carbonyl (C=O) groups excluding carboxylic acids is 1. The zero-order valence-electron chi connectivity index (χ0n) is 11.4. The Morgan fingerprint density at radius 3 is 2.18 bits per heavy atom. The molecule has 22 heavy (non-hydrogen) atoms. The van der Waals surface area contributed by atoms with Gasteiger partial charge in [0.05, 0.1) is 0 Å². The molecular formula is C16H12Cl2N2O2. The topological polar surface area (TPSA) is 52.9 Å². The van der Waals surface area contributed by atoms with Crippen LogP contribution >= 0.6 is 23.2 Å². The van der Waals surface area contributed by atoms with Crippen LogP contribution in [-0.2, 0) is 5.72 Å². The van der Waals surface area contributed by atoms with Crippen LogP contribution in [0.2, 0.25) is 10.0 Å². The zero-order chi connectivity index (χ0) is 15.7. The maximum atomic E-state index is 12.6. The van der Waals surface area contributed by atoms with Crippen molar-refractivity contribution in [1.29, 1.82) is 0 Å². The number of amides is 1. The summed E-state index contributed by atoms with van der Waals surface area (Å²) in [7, 11) is 0. The van der Waals surface area contributed by atoms with E-state index in [1.165, 1.54) is 6.21 Å². The minimum Gasteiger partial charge on any atom is -0.365 e. The fraction of sp³-hybridized carbons (Fsp3) is 0.125. The van der Waals surface area contributed by atoms with E-state index in [4.69, 9.17) is 23.2 Å². The molecule has 0 saturated carbocycles. The van der Waals surface area contributed by atoms with E-state index >= 15 is 0 Å². The van der Waals surface area contributed by atoms with Crippen molar-refractivity contribution in [3.8, 4) is 0 Å². The van der Waals surface area contributed by atoms with Crippen molar-refractivity contribution in [1.82, 2.24) is 5.01 Å². The predicted octanol–water partition coefficient (Wildman–Crippen LogP) is 3.67. The van der Waals surface area contributed by atoms with E-state index in [1.807, 2.05) is 0 Å². The lowest BCUT2D eigenvalue weighted by Gasteiger charge is -2.31. The zero-order valence-corrected chi connectivity index (χ0v) is 12.9. The second-order valence-corrected chi connectivity index (χ2v) is 5.82. The van der Waals surface area contributed by atoms with E-state index in [9.17, 15) is 9.90 Å². The number of aliphatic hydroxyl groups is 1. The molecule has 1 atom stereocenters. The van der Waals surface area contributed by atoms with Gasteiger partial charge in [-0.3, -0.25) is 4.79 Å². The van der Waals surface area contributed by atoms with Gasteiger partial charge in [0.2, 0.25) is 0 Å². The van der Waals surface area contributed by atoms with Crippen LogP contribution in [0, 0.1) is 0 Å². The number of rotatable bonds is 2. The van der Waals surface area contributed by atoms with Gasteiger partial charge in [-0.25, -0.2) is 0 Å². The van der Waals surface area contributed by atoms with E-state index < -0.39 is 11.6 Å². The van der Waals surface area contributed by atoms with E-state index in [2.05, 4.69) is 5.10 Å². The Kier molecular flexibility index (Phi) is 3.91. The molecule has 0 unspecified atom stereocenters. The highest BCUT2D eigenvalue weighted by Crippen LogP contribution is 2.34. The van der Waals surface area contributed by atoms with Gasteiger partial charge in [-0.2, -0.15) is 10.1 Å². The van der Waals surface area contributed by atoms with Crippen molar-refractivity contribution < 1.29 is 9.90 Å². The molecule has 2 aromatic carbocycles. The summed E-state index contributed by atoms with van der Waals surface area (Å²) in [6, 6.07) is 13.1. The summed E-state index contributed by atoms with van der Waals surface area (Å²) in [5.74, 6) is -0.400. The van der Waals surface area contributed by atoms with Gasteiger partial charge in [-0.1, -0.05) is 35.3 Å². The summed E-state index contributed by atoms with van der Waals surface area (Å²) < 4.78 is 0. The Balaban J connectivity index is 1.95. The quantitative estimate of drug-likeness (QED) is 0.910. The van der Waals surface area contributed by atoms with Crippen molar-refractivity contribution in [2.75, 3.05) is 0 Å². The fourth-order valence-electron chi connectivity index (χ4n) is 2.32. The average Bonchev–Trinajstić information content (AvgIpc) is 2.91. The Bertz CT molecular complexity index is 729. The van der Waals surface area contributed by atoms with Gasteiger partial charge >= 0.3 is 0 Å². The molecule has 0 aromatic heterocycles. The highest BCUT2D eigenvalue weighted by Gasteiger charge is 2.42. The van der Waals surface area contributed by atoms with Gasteiger partial charge in [0.15, 0.2) is 5.72 Å². The van der Waals surface area contributed by atoms with E-state index in [0.29, 0.717) is 21.2 Å². The average molecular weight is 335 g/mol. The molecular weight excluding hydrogens is 323 g/mol. The lowest BCUT2D eigenvalue weighted by atomic mass is 9.99. The minimum absolute atomic E-state index is 0.216. The molecule has 1 heterocycles. The van der Waals surface area contributed by atoms with Gasteiger partial charge in [0, 0.05) is 33.8 Å². The molecule has 4 nitrogen and oxygen atoms in total. The minimum atomic E-state index is -1.51. The maximum Gasteiger partial charge on any atom is 0.276 e. The number of halogens is 2. The summed E-state index contributed by atoms with van der Waals surface area (Å²) in [4.78, 5) is 12.6. The Labute approximate surface area is 137 Å². The summed E-state index contributed by atoms with van der Waals surface area (Å²) in [6.45, 7) is 0. The van der Waals surface area contributed by atoms with Gasteiger partial charge < -0.3 is 5.11 Å². The predicted molar refractivity (Wildman–Crippen MR) is 86.1 cm³/mol. The number of benzene rings is 2. The molecule has 0 bridgehead atoms. The molecule has 6 heteroatoms. The van der Waals surface area contributed by atoms with Crippen LogP contribution in [0.25, 0.3) is 0 Å². The van der Waals surface area contributed by atoms with Gasteiger partial charge in [-0.05, 0) is 36.4 Å². The molecule has 1 amide bonds. The van der Waals surface area contributed by atoms with Crippen LogP contribution in [0.5, 0.6) is 0 Å². The third kappa shape index (κ3) is 2.61. The molecule has 0 saturated heterocycles. The van der Waals surface area contributed by atoms with Gasteiger partial charge in [-0.15, -0.1) is 0 Å². The molecule has 0 fully saturated rings. The molecule has 112 valence electrons. The van der Waals surface area contributed by atoms with Crippen LogP contribution < -0.4 is 0 Å². The fourth-order valence-corrected chi connectivity index (χ4v) is 2.58. The smallest absolute Gasteiger partial charge is 0.276 e. The number of hydrazone groups is 1. The first kappa shape index (κ1) is 15.0. The monoisotopic (exact) mass is 334 g/mol. The van der Waals surface area contributed by atoms with E-state index in [1.54, 1.807) is 48.5 Å². The standard InChI is InChI=1S/C16H12Cl2N2O2/c17-13-5-1-11(2-6-13)15(21)20-16(22,9-10-19-20)12-3-7-14(18)8-4-12/h1-8,10,22H,9H2/t16-/m1/s1. The van der Waals surface area contributed by atoms with Crippen LogP contribution in [0.4, 0.5) is 0 Å². The molecule has 0 aliphatic carbocycles. The van der Waals surface area contributed by atoms with Crippen molar-refractivity contribution in [3.05, 3.63) is 69.7 Å². The molecule has 0 radical (unpaired) electrons. The highest BCUT2D eigenvalue weighted by molar-refractivity contribution is 6.30. The normalized spacial score (nSPS) is 20.4. The number of hydrogen-bond donors (Lipinski definition) is 1. The van der Waals surface area contributed by atoms with Crippen LogP contribution in [0.3, 0.4) is 0 Å². The van der Waals surface area contributed by atoms with Crippen molar-refractivity contribution in [2.24, 2.45) is 5.10 Å². The third-order valence-corrected chi connectivity index (χ3v) is 4.02. The second-order valence-electron chi connectivity index (χ2n) is 4.95. The third-order valence-electron chi connectivity index (χ3n) is 3.51. The van der Waals surface area contributed by atoms with Crippen LogP contribution in [0.15, 0.2) is 53.6 Å². The maximum absolute atomic E-state index is 12.6. The lowest BCUT2D eigenvalue weighted by Crippen LogP contribution is -2.43. The number of hydrogen-bond acceptors (Lipinski definition) is 3. The van der Waals surface area contributed by atoms with Crippen LogP contribution in [-0.4, -0.2) is 22.2 Å². The molecule has 1 aliphatic rings. The summed E-state index contributed by atoms with van der Waals surface area (Å²) in [6.07, 6.45) is 1.73. The summed E-state index contributed by atoms with van der Waals surface area (Å²) in [5.41, 5.74) is -0.561. The molecule has 1 aliphatic heterocycles. The number of nitrogens with zero attached hydrogens (tertiary/aromatic N) is 2. The van der Waals surface area contributed by atoms with Crippen molar-refractivity contribution >= 4 is 35.3 Å². The van der Waals surface area contributed by atoms with E-state index in [0.717, 1.165) is 5.01 Å². The molecule has 3 rings (SSSR count). The van der Waals surface area contributed by atoms with Crippen molar-refractivity contribution in [2.45, 2.75) is 12.1 Å². The first-order valence-corrected chi connectivity index (χ1v) is 7.37. The largest absolute Gasteiger partial charge is 0.365 e. The number of carbonyl (C=O) groups is 1. The SMILES string of the molecule is O=C(c1ccc(Cl)cc1)N1N=CC[C@@]1(O)c1ccc(Cl)cc1. The van der Waals surface area contributed by atoms with Crippen molar-refractivity contribution in [3.63, 3.8) is 0 Å². The Hall–Kier alpha value is -1.88. The molecule has 1 N–H and O–H groups in total. The highest BCUT2D eigenvalue weighted by atomic mass is 35.5. The Morgan fingerprint density at radius 2 is 1.59 bits per heavy atom. The first-order chi connectivity index (χ1) is 10.5. The summed E-state index contributed by atoms with van der Waals surface area (Å²) in [5, 5.41) is 17.1. The second kappa shape index (κ2) is 5.72. The van der Waals surface area contributed by atoms with E-state index in [-0.39, 0.29) is 6.42 Å². The van der Waals surface area contributed by atoms with Gasteiger partial charge in [0.1, 0.15) is 0 Å². The molecule has 0 spiro atoms. The first-order valence-electron chi connectivity index (χ1n) is 6.62. The lowest BCUT2D eigenvalue weighted by molar-refractivity contribution is -0.0764. The molecule has 2 aromatic rings. The summed E-state index contributed by atoms with van der Waals surface area (Å²) >= 11 is 11.7. The Morgan fingerprint density at radius 1 is 1.05 bits per heavy atom.